The number of carbonyl (C=O) groups is 2. The van der Waals surface area contributed by atoms with Gasteiger partial charge in [0.15, 0.2) is 0 Å². The summed E-state index contributed by atoms with van der Waals surface area (Å²) in [6.45, 7) is 8.19. The third kappa shape index (κ3) is 4.97. The Labute approximate surface area is 157 Å². The number of rotatable bonds is 4. The molecule has 0 bridgehead atoms. The topological polar surface area (TPSA) is 66.8 Å². The second-order valence-electron chi connectivity index (χ2n) is 7.94. The number of carboxylic acid groups (broad SMARTS) is 1. The molecule has 6 heteroatoms. The van der Waals surface area contributed by atoms with E-state index in [2.05, 4.69) is 15.9 Å². The summed E-state index contributed by atoms with van der Waals surface area (Å²) in [5, 5.41) is 9.89. The Morgan fingerprint density at radius 1 is 1.32 bits per heavy atom. The molecule has 1 aliphatic rings. The van der Waals surface area contributed by atoms with E-state index in [1.54, 1.807) is 11.8 Å². The first-order valence-corrected chi connectivity index (χ1v) is 9.26. The SMILES string of the molecule is CC(C)(C)OC(=O)N1CCC(C(C)(Cc2cccc(Br)c2)C(=O)O)C1. The summed E-state index contributed by atoms with van der Waals surface area (Å²) in [6, 6.07) is 7.71. The van der Waals surface area contributed by atoms with Crippen LogP contribution in [-0.4, -0.2) is 40.8 Å². The van der Waals surface area contributed by atoms with Gasteiger partial charge in [0, 0.05) is 17.6 Å². The van der Waals surface area contributed by atoms with Crippen molar-refractivity contribution in [2.45, 2.75) is 46.1 Å². The standard InChI is InChI=1S/C19H26BrNO4/c1-18(2,3)25-17(24)21-9-8-14(12-21)19(4,16(22)23)11-13-6-5-7-15(20)10-13/h5-7,10,14H,8-9,11-12H2,1-4H3,(H,22,23). The van der Waals surface area contributed by atoms with Crippen molar-refractivity contribution in [1.82, 2.24) is 4.90 Å². The predicted molar refractivity (Wildman–Crippen MR) is 99.5 cm³/mol. The number of hydrogen-bond donors (Lipinski definition) is 1. The normalized spacial score (nSPS) is 20.2. The molecule has 138 valence electrons. The summed E-state index contributed by atoms with van der Waals surface area (Å²) in [6.07, 6.45) is 0.718. The first-order valence-electron chi connectivity index (χ1n) is 8.47. The maximum absolute atomic E-state index is 12.3. The van der Waals surface area contributed by atoms with E-state index < -0.39 is 17.0 Å². The molecule has 0 aromatic heterocycles. The number of likely N-dealkylation sites (tertiary alicyclic amines) is 1. The highest BCUT2D eigenvalue weighted by Crippen LogP contribution is 2.38. The van der Waals surface area contributed by atoms with Gasteiger partial charge in [-0.2, -0.15) is 0 Å². The second-order valence-corrected chi connectivity index (χ2v) is 8.86. The number of carbonyl (C=O) groups excluding carboxylic acids is 1. The quantitative estimate of drug-likeness (QED) is 0.799. The lowest BCUT2D eigenvalue weighted by Gasteiger charge is -2.32. The molecule has 2 atom stereocenters. The number of ether oxygens (including phenoxy) is 1. The summed E-state index contributed by atoms with van der Waals surface area (Å²) >= 11 is 3.43. The van der Waals surface area contributed by atoms with E-state index in [-0.39, 0.29) is 12.0 Å². The molecule has 2 unspecified atom stereocenters. The van der Waals surface area contributed by atoms with Crippen LogP contribution in [0.1, 0.15) is 39.7 Å². The van der Waals surface area contributed by atoms with Gasteiger partial charge in [-0.1, -0.05) is 28.1 Å². The number of halogens is 1. The molecule has 25 heavy (non-hydrogen) atoms. The maximum Gasteiger partial charge on any atom is 0.410 e. The van der Waals surface area contributed by atoms with Gasteiger partial charge in [-0.25, -0.2) is 4.79 Å². The number of hydrogen-bond acceptors (Lipinski definition) is 3. The van der Waals surface area contributed by atoms with Crippen LogP contribution in [0.15, 0.2) is 28.7 Å². The summed E-state index contributed by atoms with van der Waals surface area (Å²) in [5.41, 5.74) is -0.519. The Balaban J connectivity index is 2.13. The van der Waals surface area contributed by atoms with Crippen LogP contribution < -0.4 is 0 Å². The van der Waals surface area contributed by atoms with Crippen LogP contribution in [0.5, 0.6) is 0 Å². The molecule has 0 spiro atoms. The van der Waals surface area contributed by atoms with Crippen LogP contribution in [0.4, 0.5) is 4.79 Å². The Morgan fingerprint density at radius 2 is 2.00 bits per heavy atom. The molecule has 1 aliphatic heterocycles. The van der Waals surface area contributed by atoms with Gasteiger partial charge >= 0.3 is 12.1 Å². The fourth-order valence-electron chi connectivity index (χ4n) is 3.24. The van der Waals surface area contributed by atoms with Crippen LogP contribution in [0.3, 0.4) is 0 Å². The highest BCUT2D eigenvalue weighted by atomic mass is 79.9. The Morgan fingerprint density at radius 3 is 2.56 bits per heavy atom. The summed E-state index contributed by atoms with van der Waals surface area (Å²) < 4.78 is 6.34. The van der Waals surface area contributed by atoms with E-state index in [1.807, 2.05) is 45.0 Å². The zero-order valence-electron chi connectivity index (χ0n) is 15.2. The van der Waals surface area contributed by atoms with Crippen molar-refractivity contribution >= 4 is 28.0 Å². The monoisotopic (exact) mass is 411 g/mol. The molecule has 1 heterocycles. The smallest absolute Gasteiger partial charge is 0.410 e. The van der Waals surface area contributed by atoms with Crippen molar-refractivity contribution in [3.8, 4) is 0 Å². The van der Waals surface area contributed by atoms with Crippen molar-refractivity contribution < 1.29 is 19.4 Å². The second kappa shape index (κ2) is 7.36. The minimum atomic E-state index is -0.933. The van der Waals surface area contributed by atoms with E-state index in [9.17, 15) is 14.7 Å². The van der Waals surface area contributed by atoms with E-state index in [0.29, 0.717) is 25.9 Å². The number of aliphatic carboxylic acids is 1. The minimum Gasteiger partial charge on any atom is -0.481 e. The largest absolute Gasteiger partial charge is 0.481 e. The fourth-order valence-corrected chi connectivity index (χ4v) is 3.68. The van der Waals surface area contributed by atoms with Crippen LogP contribution in [0.2, 0.25) is 0 Å². The summed E-state index contributed by atoms with van der Waals surface area (Å²) in [4.78, 5) is 25.9. The van der Waals surface area contributed by atoms with Gasteiger partial charge in [-0.05, 0) is 64.2 Å². The van der Waals surface area contributed by atoms with E-state index in [1.165, 1.54) is 0 Å². The lowest BCUT2D eigenvalue weighted by atomic mass is 9.72. The number of nitrogens with zero attached hydrogens (tertiary/aromatic N) is 1. The van der Waals surface area contributed by atoms with Crippen molar-refractivity contribution in [2.75, 3.05) is 13.1 Å². The highest BCUT2D eigenvalue weighted by molar-refractivity contribution is 9.10. The zero-order chi connectivity index (χ0) is 18.8. The molecule has 0 radical (unpaired) electrons. The van der Waals surface area contributed by atoms with Gasteiger partial charge < -0.3 is 14.7 Å². The first kappa shape index (κ1) is 19.8. The van der Waals surface area contributed by atoms with E-state index in [4.69, 9.17) is 4.74 Å². The molecule has 0 saturated carbocycles. The lowest BCUT2D eigenvalue weighted by Crippen LogP contribution is -2.41. The highest BCUT2D eigenvalue weighted by Gasteiger charge is 2.46. The van der Waals surface area contributed by atoms with Crippen LogP contribution >= 0.6 is 15.9 Å². The molecule has 1 fully saturated rings. The molecule has 0 aliphatic carbocycles. The van der Waals surface area contributed by atoms with Gasteiger partial charge in [0.1, 0.15) is 5.60 Å². The predicted octanol–water partition coefficient (Wildman–Crippen LogP) is 4.34. The number of amides is 1. The molecule has 1 aromatic rings. The Hall–Kier alpha value is -1.56. The van der Waals surface area contributed by atoms with Crippen molar-refractivity contribution in [3.05, 3.63) is 34.3 Å². The Bertz CT molecular complexity index is 655. The first-order chi connectivity index (χ1) is 11.5. The Kier molecular flexibility index (Phi) is 5.82. The molecule has 1 amide bonds. The lowest BCUT2D eigenvalue weighted by molar-refractivity contribution is -0.151. The summed E-state index contributed by atoms with van der Waals surface area (Å²) in [7, 11) is 0. The molecule has 1 saturated heterocycles. The maximum atomic E-state index is 12.3. The van der Waals surface area contributed by atoms with Crippen LogP contribution in [0, 0.1) is 11.3 Å². The van der Waals surface area contributed by atoms with Crippen molar-refractivity contribution in [2.24, 2.45) is 11.3 Å². The molecular formula is C19H26BrNO4. The molecule has 5 nitrogen and oxygen atoms in total. The van der Waals surface area contributed by atoms with E-state index >= 15 is 0 Å². The molecular weight excluding hydrogens is 386 g/mol. The fraction of sp³-hybridized carbons (Fsp3) is 0.579. The third-order valence-electron chi connectivity index (χ3n) is 4.69. The van der Waals surface area contributed by atoms with Gasteiger partial charge in [-0.15, -0.1) is 0 Å². The summed E-state index contributed by atoms with van der Waals surface area (Å²) in [5.74, 6) is -0.944. The minimum absolute atomic E-state index is 0.114. The number of carboxylic acids is 1. The zero-order valence-corrected chi connectivity index (χ0v) is 16.8. The number of benzene rings is 1. The molecule has 1 aromatic carbocycles. The molecule has 1 N–H and O–H groups in total. The van der Waals surface area contributed by atoms with Gasteiger partial charge in [0.05, 0.1) is 5.41 Å². The average molecular weight is 412 g/mol. The van der Waals surface area contributed by atoms with E-state index in [0.717, 1.165) is 10.0 Å². The van der Waals surface area contributed by atoms with Crippen LogP contribution in [0.25, 0.3) is 0 Å². The van der Waals surface area contributed by atoms with Crippen molar-refractivity contribution in [1.29, 1.82) is 0 Å². The average Bonchev–Trinajstić information content (AvgIpc) is 2.95. The van der Waals surface area contributed by atoms with Gasteiger partial charge in [-0.3, -0.25) is 4.79 Å². The van der Waals surface area contributed by atoms with Crippen molar-refractivity contribution in [3.63, 3.8) is 0 Å². The third-order valence-corrected chi connectivity index (χ3v) is 5.18. The van der Waals surface area contributed by atoms with Gasteiger partial charge in [0.25, 0.3) is 0 Å². The van der Waals surface area contributed by atoms with Crippen LogP contribution in [-0.2, 0) is 16.0 Å². The van der Waals surface area contributed by atoms with Gasteiger partial charge in [0.2, 0.25) is 0 Å². The molecule has 2 rings (SSSR count).